The first-order valence-electron chi connectivity index (χ1n) is 6.21. The SMILES string of the molecule is COC(=O)Nc1ccc(NCc2cc(F)ccc2F)cc1. The van der Waals surface area contributed by atoms with Crippen LogP contribution < -0.4 is 10.6 Å². The van der Waals surface area contributed by atoms with Gasteiger partial charge in [0.05, 0.1) is 7.11 Å². The minimum atomic E-state index is -0.558. The minimum absolute atomic E-state index is 0.160. The Kier molecular flexibility index (Phi) is 4.71. The van der Waals surface area contributed by atoms with E-state index in [1.807, 2.05) is 0 Å². The Balaban J connectivity index is 1.97. The van der Waals surface area contributed by atoms with Crippen LogP contribution in [0.3, 0.4) is 0 Å². The molecule has 0 radical (unpaired) electrons. The molecule has 0 saturated carbocycles. The normalized spacial score (nSPS) is 10.0. The number of carbonyl (C=O) groups is 1. The fraction of sp³-hybridized carbons (Fsp3) is 0.133. The Bertz CT molecular complexity index is 630. The van der Waals surface area contributed by atoms with Gasteiger partial charge >= 0.3 is 6.09 Å². The number of nitrogens with one attached hydrogen (secondary N) is 2. The third kappa shape index (κ3) is 4.17. The van der Waals surface area contributed by atoms with E-state index in [4.69, 9.17) is 0 Å². The lowest BCUT2D eigenvalue weighted by Crippen LogP contribution is -2.10. The Morgan fingerprint density at radius 2 is 1.76 bits per heavy atom. The quantitative estimate of drug-likeness (QED) is 0.902. The van der Waals surface area contributed by atoms with E-state index in [-0.39, 0.29) is 12.1 Å². The molecule has 0 atom stereocenters. The van der Waals surface area contributed by atoms with E-state index >= 15 is 0 Å². The minimum Gasteiger partial charge on any atom is -0.453 e. The zero-order valence-electron chi connectivity index (χ0n) is 11.3. The highest BCUT2D eigenvalue weighted by atomic mass is 19.1. The fourth-order valence-corrected chi connectivity index (χ4v) is 1.72. The van der Waals surface area contributed by atoms with E-state index in [1.165, 1.54) is 7.11 Å². The third-order valence-corrected chi connectivity index (χ3v) is 2.81. The van der Waals surface area contributed by atoms with Crippen LogP contribution >= 0.6 is 0 Å². The lowest BCUT2D eigenvalue weighted by atomic mass is 10.2. The highest BCUT2D eigenvalue weighted by Crippen LogP contribution is 2.16. The van der Waals surface area contributed by atoms with Crippen molar-refractivity contribution in [1.29, 1.82) is 0 Å². The third-order valence-electron chi connectivity index (χ3n) is 2.81. The summed E-state index contributed by atoms with van der Waals surface area (Å²) in [4.78, 5) is 11.0. The maximum Gasteiger partial charge on any atom is 0.411 e. The van der Waals surface area contributed by atoms with Gasteiger partial charge < -0.3 is 10.1 Å². The average Bonchev–Trinajstić information content (AvgIpc) is 2.49. The van der Waals surface area contributed by atoms with Crippen molar-refractivity contribution in [3.05, 3.63) is 59.7 Å². The standard InChI is InChI=1S/C15H14F2N2O2/c1-21-15(20)19-13-5-3-12(4-6-13)18-9-10-8-11(16)2-7-14(10)17/h2-8,18H,9H2,1H3,(H,19,20). The van der Waals surface area contributed by atoms with Crippen molar-refractivity contribution in [2.45, 2.75) is 6.54 Å². The lowest BCUT2D eigenvalue weighted by molar-refractivity contribution is 0.187. The van der Waals surface area contributed by atoms with Gasteiger partial charge in [-0.05, 0) is 42.5 Å². The number of halogens is 2. The molecule has 4 nitrogen and oxygen atoms in total. The Hall–Kier alpha value is -2.63. The molecule has 0 aliphatic heterocycles. The summed E-state index contributed by atoms with van der Waals surface area (Å²) in [5, 5.41) is 5.48. The molecule has 0 aliphatic rings. The van der Waals surface area contributed by atoms with Gasteiger partial charge in [0.1, 0.15) is 11.6 Å². The number of amides is 1. The first-order valence-corrected chi connectivity index (χ1v) is 6.21. The van der Waals surface area contributed by atoms with Crippen LogP contribution in [0.25, 0.3) is 0 Å². The van der Waals surface area contributed by atoms with Crippen LogP contribution in [0, 0.1) is 11.6 Å². The molecule has 0 aromatic heterocycles. The number of rotatable bonds is 4. The number of methoxy groups -OCH3 is 1. The van der Waals surface area contributed by atoms with E-state index in [9.17, 15) is 13.6 Å². The summed E-state index contributed by atoms with van der Waals surface area (Å²) in [7, 11) is 1.28. The maximum absolute atomic E-state index is 13.5. The van der Waals surface area contributed by atoms with Gasteiger partial charge in [-0.2, -0.15) is 0 Å². The number of carbonyl (C=O) groups excluding carboxylic acids is 1. The molecule has 2 N–H and O–H groups in total. The first-order chi connectivity index (χ1) is 10.1. The van der Waals surface area contributed by atoms with E-state index in [2.05, 4.69) is 15.4 Å². The van der Waals surface area contributed by atoms with Crippen LogP contribution in [0.5, 0.6) is 0 Å². The Labute approximate surface area is 120 Å². The van der Waals surface area contributed by atoms with E-state index in [1.54, 1.807) is 24.3 Å². The van der Waals surface area contributed by atoms with E-state index < -0.39 is 17.7 Å². The average molecular weight is 292 g/mol. The molecule has 0 saturated heterocycles. The molecule has 2 aromatic carbocycles. The van der Waals surface area contributed by atoms with Crippen LogP contribution in [0.15, 0.2) is 42.5 Å². The molecule has 6 heteroatoms. The molecule has 0 unspecified atom stereocenters. The largest absolute Gasteiger partial charge is 0.453 e. The molecule has 110 valence electrons. The van der Waals surface area contributed by atoms with Crippen molar-refractivity contribution in [1.82, 2.24) is 0 Å². The van der Waals surface area contributed by atoms with E-state index in [0.717, 1.165) is 18.2 Å². The van der Waals surface area contributed by atoms with Gasteiger partial charge in [0.25, 0.3) is 0 Å². The Morgan fingerprint density at radius 3 is 2.43 bits per heavy atom. The van der Waals surface area contributed by atoms with Crippen LogP contribution in [0.1, 0.15) is 5.56 Å². The summed E-state index contributed by atoms with van der Waals surface area (Å²) in [6.45, 7) is 0.160. The second-order valence-electron chi connectivity index (χ2n) is 4.28. The van der Waals surface area contributed by atoms with Gasteiger partial charge in [0, 0.05) is 23.5 Å². The molecule has 0 heterocycles. The van der Waals surface area contributed by atoms with Crippen molar-refractivity contribution < 1.29 is 18.3 Å². The molecule has 2 aromatic rings. The predicted molar refractivity (Wildman–Crippen MR) is 76.2 cm³/mol. The number of hydrogen-bond donors (Lipinski definition) is 2. The van der Waals surface area contributed by atoms with Crippen LogP contribution in [0.2, 0.25) is 0 Å². The molecule has 0 aliphatic carbocycles. The molecular formula is C15H14F2N2O2. The van der Waals surface area contributed by atoms with Crippen LogP contribution in [-0.4, -0.2) is 13.2 Å². The second kappa shape index (κ2) is 6.69. The zero-order valence-corrected chi connectivity index (χ0v) is 11.3. The lowest BCUT2D eigenvalue weighted by Gasteiger charge is -2.09. The topological polar surface area (TPSA) is 50.4 Å². The van der Waals surface area contributed by atoms with Gasteiger partial charge in [0.2, 0.25) is 0 Å². The van der Waals surface area contributed by atoms with Gasteiger partial charge in [-0.1, -0.05) is 0 Å². The molecule has 2 rings (SSSR count). The predicted octanol–water partition coefficient (Wildman–Crippen LogP) is 3.76. The van der Waals surface area contributed by atoms with Crippen molar-refractivity contribution >= 4 is 17.5 Å². The highest BCUT2D eigenvalue weighted by Gasteiger charge is 2.04. The number of ether oxygens (including phenoxy) is 1. The summed E-state index contributed by atoms with van der Waals surface area (Å²) in [6.07, 6.45) is -0.558. The van der Waals surface area contributed by atoms with Crippen molar-refractivity contribution in [2.75, 3.05) is 17.7 Å². The second-order valence-corrected chi connectivity index (χ2v) is 4.28. The highest BCUT2D eigenvalue weighted by molar-refractivity contribution is 5.84. The summed E-state index contributed by atoms with van der Waals surface area (Å²) in [6, 6.07) is 10.1. The fourth-order valence-electron chi connectivity index (χ4n) is 1.72. The molecular weight excluding hydrogens is 278 g/mol. The number of anilines is 2. The summed E-state index contributed by atoms with van der Waals surface area (Å²) in [5.41, 5.74) is 1.53. The van der Waals surface area contributed by atoms with Crippen LogP contribution in [0.4, 0.5) is 25.0 Å². The molecule has 0 fully saturated rings. The molecule has 0 bridgehead atoms. The molecule has 1 amide bonds. The molecule has 21 heavy (non-hydrogen) atoms. The van der Waals surface area contributed by atoms with Gasteiger partial charge in [-0.15, -0.1) is 0 Å². The number of benzene rings is 2. The van der Waals surface area contributed by atoms with E-state index in [0.29, 0.717) is 11.4 Å². The van der Waals surface area contributed by atoms with Crippen molar-refractivity contribution in [2.24, 2.45) is 0 Å². The summed E-state index contributed by atoms with van der Waals surface area (Å²) < 4.78 is 31.0. The maximum atomic E-state index is 13.5. The molecule has 0 spiro atoms. The summed E-state index contributed by atoms with van der Waals surface area (Å²) >= 11 is 0. The van der Waals surface area contributed by atoms with Crippen molar-refractivity contribution in [3.8, 4) is 0 Å². The smallest absolute Gasteiger partial charge is 0.411 e. The first kappa shape index (κ1) is 14.8. The summed E-state index contributed by atoms with van der Waals surface area (Å²) in [5.74, 6) is -0.946. The monoisotopic (exact) mass is 292 g/mol. The van der Waals surface area contributed by atoms with Gasteiger partial charge in [-0.25, -0.2) is 13.6 Å². The Morgan fingerprint density at radius 1 is 1.10 bits per heavy atom. The van der Waals surface area contributed by atoms with Gasteiger partial charge in [0.15, 0.2) is 0 Å². The van der Waals surface area contributed by atoms with Crippen molar-refractivity contribution in [3.63, 3.8) is 0 Å². The van der Waals surface area contributed by atoms with Gasteiger partial charge in [-0.3, -0.25) is 5.32 Å². The number of hydrogen-bond acceptors (Lipinski definition) is 3. The van der Waals surface area contributed by atoms with Crippen LogP contribution in [-0.2, 0) is 11.3 Å². The zero-order chi connectivity index (χ0) is 15.2.